The zero-order valence-corrected chi connectivity index (χ0v) is 17.4. The lowest BCUT2D eigenvalue weighted by Gasteiger charge is -2.14. The van der Waals surface area contributed by atoms with E-state index in [4.69, 9.17) is 13.9 Å². The van der Waals surface area contributed by atoms with Gasteiger partial charge in [0.15, 0.2) is 12.3 Å². The summed E-state index contributed by atoms with van der Waals surface area (Å²) in [5, 5.41) is 2.60. The van der Waals surface area contributed by atoms with E-state index in [0.717, 1.165) is 16.2 Å². The smallest absolute Gasteiger partial charge is 0.344 e. The van der Waals surface area contributed by atoms with Crippen LogP contribution in [0, 0.1) is 6.92 Å². The van der Waals surface area contributed by atoms with Gasteiger partial charge in [0.1, 0.15) is 23.6 Å². The van der Waals surface area contributed by atoms with E-state index in [-0.39, 0.29) is 47.6 Å². The summed E-state index contributed by atoms with van der Waals surface area (Å²) < 4.78 is 15.7. The summed E-state index contributed by atoms with van der Waals surface area (Å²) in [5.74, 6) is -0.447. The van der Waals surface area contributed by atoms with Crippen LogP contribution in [0.1, 0.15) is 45.9 Å². The minimum absolute atomic E-state index is 0.0457. The van der Waals surface area contributed by atoms with Crippen molar-refractivity contribution in [3.8, 4) is 5.75 Å². The Morgan fingerprint density at radius 2 is 1.93 bits per heavy atom. The van der Waals surface area contributed by atoms with E-state index in [2.05, 4.69) is 5.32 Å². The number of likely N-dealkylation sites (N-methyl/N-ethyl adjacent to an activating group) is 1. The molecule has 2 rings (SSSR count). The predicted octanol–water partition coefficient (Wildman–Crippen LogP) is 1.63. The Hall–Kier alpha value is -3.13. The fourth-order valence-corrected chi connectivity index (χ4v) is 3.09. The Balaban J connectivity index is 2.12. The molecule has 8 nitrogen and oxygen atoms in total. The van der Waals surface area contributed by atoms with Crippen molar-refractivity contribution in [3.63, 3.8) is 0 Å². The number of quaternary nitrogens is 1. The first kappa shape index (κ1) is 22.2. The van der Waals surface area contributed by atoms with Crippen LogP contribution < -0.4 is 15.0 Å². The highest BCUT2D eigenvalue weighted by molar-refractivity contribution is 6.10. The maximum Gasteiger partial charge on any atom is 0.344 e. The van der Waals surface area contributed by atoms with Gasteiger partial charge >= 0.3 is 5.97 Å². The number of benzene rings is 1. The molecule has 0 aliphatic heterocycles. The Labute approximate surface area is 169 Å². The van der Waals surface area contributed by atoms with Gasteiger partial charge in [0.25, 0.3) is 5.91 Å². The molecule has 1 atom stereocenters. The van der Waals surface area contributed by atoms with E-state index < -0.39 is 5.97 Å². The second-order valence-corrected chi connectivity index (χ2v) is 6.72. The van der Waals surface area contributed by atoms with Gasteiger partial charge in [0.2, 0.25) is 5.88 Å². The minimum atomic E-state index is -0.707. The van der Waals surface area contributed by atoms with Crippen LogP contribution in [0.15, 0.2) is 28.7 Å². The molecule has 156 valence electrons. The number of Topliss-reactive ketones (excluding diaryl/α,β-unsaturated/α-hetero) is 1. The highest BCUT2D eigenvalue weighted by Crippen LogP contribution is 2.28. The number of hydrogen-bond acceptors (Lipinski definition) is 6. The zero-order chi connectivity index (χ0) is 21.6. The predicted molar refractivity (Wildman–Crippen MR) is 106 cm³/mol. The summed E-state index contributed by atoms with van der Waals surface area (Å²) >= 11 is 0. The molecule has 1 unspecified atom stereocenters. The average molecular weight is 403 g/mol. The number of ether oxygens (including phenoxy) is 2. The highest BCUT2D eigenvalue weighted by Gasteiger charge is 2.29. The maximum atomic E-state index is 12.5. The molecule has 0 radical (unpaired) electrons. The number of esters is 1. The van der Waals surface area contributed by atoms with Crippen molar-refractivity contribution in [2.45, 2.75) is 27.3 Å². The summed E-state index contributed by atoms with van der Waals surface area (Å²) in [6.07, 6.45) is 0. The summed E-state index contributed by atoms with van der Waals surface area (Å²) in [5.41, 5.74) is 1.10. The van der Waals surface area contributed by atoms with Gasteiger partial charge < -0.3 is 18.8 Å². The molecule has 0 aliphatic carbocycles. The SMILES string of the molecule is CCOC(=O)c1c(NC(=O)C[NH+](C)Cc2cccc(OC)c2)oc(C)c1C(C)=O. The minimum Gasteiger partial charge on any atom is -0.497 e. The van der Waals surface area contributed by atoms with Crippen molar-refractivity contribution < 1.29 is 33.2 Å². The van der Waals surface area contributed by atoms with E-state index in [9.17, 15) is 14.4 Å². The van der Waals surface area contributed by atoms with Crippen LogP contribution in [0.3, 0.4) is 0 Å². The number of methoxy groups -OCH3 is 1. The van der Waals surface area contributed by atoms with Crippen LogP contribution in [0.5, 0.6) is 5.75 Å². The lowest BCUT2D eigenvalue weighted by atomic mass is 10.1. The van der Waals surface area contributed by atoms with Crippen LogP contribution in [0.4, 0.5) is 5.88 Å². The molecule has 0 fully saturated rings. The number of furan rings is 1. The van der Waals surface area contributed by atoms with E-state index >= 15 is 0 Å². The Morgan fingerprint density at radius 3 is 2.55 bits per heavy atom. The van der Waals surface area contributed by atoms with E-state index in [0.29, 0.717) is 6.54 Å². The van der Waals surface area contributed by atoms with Crippen molar-refractivity contribution >= 4 is 23.5 Å². The van der Waals surface area contributed by atoms with E-state index in [1.807, 2.05) is 31.3 Å². The third kappa shape index (κ3) is 5.68. The summed E-state index contributed by atoms with van der Waals surface area (Å²) in [4.78, 5) is 37.7. The molecule has 0 saturated carbocycles. The lowest BCUT2D eigenvalue weighted by Crippen LogP contribution is -3.08. The number of ketones is 1. The number of nitrogens with one attached hydrogen (secondary N) is 2. The molecular weight excluding hydrogens is 376 g/mol. The van der Waals surface area contributed by atoms with Crippen LogP contribution in [0.2, 0.25) is 0 Å². The first-order chi connectivity index (χ1) is 13.8. The molecule has 1 heterocycles. The van der Waals surface area contributed by atoms with E-state index in [1.165, 1.54) is 6.92 Å². The second kappa shape index (κ2) is 9.88. The van der Waals surface area contributed by atoms with E-state index in [1.54, 1.807) is 21.0 Å². The van der Waals surface area contributed by atoms with Gasteiger partial charge in [0, 0.05) is 5.56 Å². The monoisotopic (exact) mass is 403 g/mol. The third-order valence-corrected chi connectivity index (χ3v) is 4.27. The average Bonchev–Trinajstić information content (AvgIpc) is 2.97. The first-order valence-corrected chi connectivity index (χ1v) is 9.32. The molecule has 8 heteroatoms. The van der Waals surface area contributed by atoms with Gasteiger partial charge in [-0.2, -0.15) is 0 Å². The highest BCUT2D eigenvalue weighted by atomic mass is 16.5. The van der Waals surface area contributed by atoms with Crippen molar-refractivity contribution in [2.24, 2.45) is 0 Å². The second-order valence-electron chi connectivity index (χ2n) is 6.72. The van der Waals surface area contributed by atoms with Crippen molar-refractivity contribution in [1.29, 1.82) is 0 Å². The summed E-state index contributed by atoms with van der Waals surface area (Å²) in [6, 6.07) is 7.61. The van der Waals surface area contributed by atoms with Gasteiger partial charge in [-0.1, -0.05) is 12.1 Å². The van der Waals surface area contributed by atoms with Gasteiger partial charge in [-0.3, -0.25) is 14.9 Å². The van der Waals surface area contributed by atoms with Crippen molar-refractivity contribution in [3.05, 3.63) is 46.7 Å². The molecule has 2 N–H and O–H groups in total. The Morgan fingerprint density at radius 1 is 1.21 bits per heavy atom. The molecule has 0 aliphatic rings. The molecule has 29 heavy (non-hydrogen) atoms. The first-order valence-electron chi connectivity index (χ1n) is 9.32. The Bertz CT molecular complexity index is 903. The quantitative estimate of drug-likeness (QED) is 0.488. The number of hydrogen-bond donors (Lipinski definition) is 2. The van der Waals surface area contributed by atoms with Crippen molar-refractivity contribution in [2.75, 3.05) is 32.6 Å². The van der Waals surface area contributed by atoms with Crippen LogP contribution in [-0.4, -0.2) is 45.0 Å². The molecule has 1 aromatic carbocycles. The zero-order valence-electron chi connectivity index (χ0n) is 17.4. The number of carbonyl (C=O) groups is 3. The van der Waals surface area contributed by atoms with Gasteiger partial charge in [0.05, 0.1) is 26.3 Å². The van der Waals surface area contributed by atoms with Gasteiger partial charge in [-0.25, -0.2) is 4.79 Å². The van der Waals surface area contributed by atoms with Crippen LogP contribution >= 0.6 is 0 Å². The van der Waals surface area contributed by atoms with Gasteiger partial charge in [-0.05, 0) is 32.9 Å². The number of carbonyl (C=O) groups excluding carboxylic acids is 3. The molecule has 0 bridgehead atoms. The summed E-state index contributed by atoms with van der Waals surface area (Å²) in [7, 11) is 3.48. The summed E-state index contributed by atoms with van der Waals surface area (Å²) in [6.45, 7) is 5.43. The fourth-order valence-electron chi connectivity index (χ4n) is 3.09. The Kier molecular flexibility index (Phi) is 7.55. The molecule has 2 aromatic rings. The van der Waals surface area contributed by atoms with Gasteiger partial charge in [-0.15, -0.1) is 0 Å². The topological polar surface area (TPSA) is 99.3 Å². The third-order valence-electron chi connectivity index (χ3n) is 4.27. The molecule has 0 saturated heterocycles. The molecule has 0 spiro atoms. The largest absolute Gasteiger partial charge is 0.497 e. The molecule has 1 aromatic heterocycles. The number of aryl methyl sites for hydroxylation is 1. The fraction of sp³-hybridized carbons (Fsp3) is 0.381. The van der Waals surface area contributed by atoms with Crippen LogP contribution in [0.25, 0.3) is 0 Å². The number of rotatable bonds is 9. The number of anilines is 1. The van der Waals surface area contributed by atoms with Crippen molar-refractivity contribution in [1.82, 2.24) is 0 Å². The molecular formula is C21H27N2O6+. The standard InChI is InChI=1S/C21H26N2O6/c1-6-28-21(26)19-18(13(2)24)14(3)29-20(19)22-17(25)12-23(4)11-15-8-7-9-16(10-15)27-5/h7-10H,6,11-12H2,1-5H3,(H,22,25)/p+1. The van der Waals surface area contributed by atoms with Crippen LogP contribution in [-0.2, 0) is 16.1 Å². The lowest BCUT2D eigenvalue weighted by molar-refractivity contribution is -0.885. The normalized spacial score (nSPS) is 11.6. The molecule has 1 amide bonds. The number of amides is 1. The maximum absolute atomic E-state index is 12.5.